The first kappa shape index (κ1) is 23.7. The molecule has 0 atom stereocenters. The van der Waals surface area contributed by atoms with Crippen LogP contribution in [0.4, 0.5) is 35.1 Å². The summed E-state index contributed by atoms with van der Waals surface area (Å²) in [5, 5.41) is -1.83. The van der Waals surface area contributed by atoms with Crippen LogP contribution in [0.5, 0.6) is 0 Å². The summed E-state index contributed by atoms with van der Waals surface area (Å²) >= 11 is 0. The number of hydrogen-bond acceptors (Lipinski definition) is 2. The van der Waals surface area contributed by atoms with E-state index in [-0.39, 0.29) is 29.3 Å². The summed E-state index contributed by atoms with van der Waals surface area (Å²) < 4.78 is 133. The minimum absolute atomic E-state index is 0.102. The molecule has 0 saturated carbocycles. The van der Waals surface area contributed by atoms with Crippen molar-refractivity contribution in [1.82, 2.24) is 0 Å². The van der Waals surface area contributed by atoms with Crippen LogP contribution < -0.4 is 0 Å². The van der Waals surface area contributed by atoms with E-state index in [1.807, 2.05) is 0 Å². The van der Waals surface area contributed by atoms with Gasteiger partial charge in [-0.25, -0.2) is 17.2 Å². The molecular formula is C21H12F8O2S. The molecule has 0 N–H and O–H groups in total. The minimum Gasteiger partial charge on any atom is -0.223 e. The van der Waals surface area contributed by atoms with Gasteiger partial charge in [-0.1, -0.05) is 24.3 Å². The molecule has 0 unspecified atom stereocenters. The molecule has 0 aromatic heterocycles. The summed E-state index contributed by atoms with van der Waals surface area (Å²) in [5.41, 5.74) is -3.88. The van der Waals surface area contributed by atoms with E-state index >= 15 is 0 Å². The summed E-state index contributed by atoms with van der Waals surface area (Å²) in [4.78, 5) is -1.24. The van der Waals surface area contributed by atoms with E-state index < -0.39 is 55.1 Å². The Balaban J connectivity index is 2.29. The van der Waals surface area contributed by atoms with E-state index in [4.69, 9.17) is 0 Å². The highest BCUT2D eigenvalue weighted by atomic mass is 32.2. The zero-order valence-electron chi connectivity index (χ0n) is 15.7. The summed E-state index contributed by atoms with van der Waals surface area (Å²) in [6.45, 7) is 0. The number of rotatable bonds is 4. The molecule has 2 nitrogen and oxygen atoms in total. The van der Waals surface area contributed by atoms with Gasteiger partial charge in [-0.15, -0.1) is 0 Å². The maximum Gasteiger partial charge on any atom is 0.416 e. The second-order valence-electron chi connectivity index (χ2n) is 6.77. The molecule has 0 amide bonds. The Bertz CT molecular complexity index is 1130. The molecule has 0 fully saturated rings. The molecule has 3 aromatic carbocycles. The third kappa shape index (κ3) is 4.93. The van der Waals surface area contributed by atoms with Gasteiger partial charge in [-0.05, 0) is 53.6 Å². The Morgan fingerprint density at radius 1 is 0.594 bits per heavy atom. The number of hydrogen-bond donors (Lipinski definition) is 0. The van der Waals surface area contributed by atoms with Crippen molar-refractivity contribution in [2.75, 3.05) is 0 Å². The van der Waals surface area contributed by atoms with Gasteiger partial charge in [0.25, 0.3) is 0 Å². The zero-order chi connectivity index (χ0) is 23.9. The van der Waals surface area contributed by atoms with Crippen LogP contribution in [-0.2, 0) is 22.2 Å². The van der Waals surface area contributed by atoms with Crippen molar-refractivity contribution in [2.24, 2.45) is 0 Å². The van der Waals surface area contributed by atoms with Gasteiger partial charge < -0.3 is 0 Å². The van der Waals surface area contributed by atoms with Crippen LogP contribution in [0.25, 0.3) is 0 Å². The number of halogens is 8. The first-order chi connectivity index (χ1) is 14.7. The van der Waals surface area contributed by atoms with Gasteiger partial charge in [0.1, 0.15) is 16.9 Å². The van der Waals surface area contributed by atoms with Crippen molar-refractivity contribution in [3.8, 4) is 0 Å². The summed E-state index contributed by atoms with van der Waals surface area (Å²) in [6, 6.07) is 7.66. The average Bonchev–Trinajstić information content (AvgIpc) is 2.69. The lowest BCUT2D eigenvalue weighted by atomic mass is 10.0. The Labute approximate surface area is 177 Å². The first-order valence-corrected chi connectivity index (χ1v) is 10.3. The maximum absolute atomic E-state index is 13.3. The van der Waals surface area contributed by atoms with Crippen molar-refractivity contribution in [3.63, 3.8) is 0 Å². The Morgan fingerprint density at radius 2 is 0.938 bits per heavy atom. The number of alkyl halides is 6. The van der Waals surface area contributed by atoms with Gasteiger partial charge in [0.05, 0.1) is 16.0 Å². The predicted molar refractivity (Wildman–Crippen MR) is 98.3 cm³/mol. The molecule has 170 valence electrons. The first-order valence-electron chi connectivity index (χ1n) is 8.74. The van der Waals surface area contributed by atoms with Crippen LogP contribution in [0.2, 0.25) is 0 Å². The third-order valence-electron chi connectivity index (χ3n) is 4.55. The van der Waals surface area contributed by atoms with Gasteiger partial charge in [0.15, 0.2) is 9.84 Å². The Hall–Kier alpha value is -2.95. The fraction of sp³-hybridized carbons (Fsp3) is 0.143. The van der Waals surface area contributed by atoms with Gasteiger partial charge in [-0.3, -0.25) is 0 Å². The molecule has 0 aliphatic heterocycles. The fourth-order valence-electron chi connectivity index (χ4n) is 3.05. The number of sulfone groups is 1. The largest absolute Gasteiger partial charge is 0.416 e. The van der Waals surface area contributed by atoms with Crippen LogP contribution in [0, 0.1) is 11.6 Å². The van der Waals surface area contributed by atoms with Gasteiger partial charge in [0.2, 0.25) is 0 Å². The van der Waals surface area contributed by atoms with Crippen LogP contribution in [0.15, 0.2) is 71.6 Å². The van der Waals surface area contributed by atoms with Crippen LogP contribution in [-0.4, -0.2) is 8.42 Å². The van der Waals surface area contributed by atoms with Crippen molar-refractivity contribution in [3.05, 3.63) is 101 Å². The lowest BCUT2D eigenvalue weighted by molar-refractivity contribution is -0.143. The molecule has 3 aromatic rings. The quantitative estimate of drug-likeness (QED) is 0.396. The highest BCUT2D eigenvalue weighted by Gasteiger charge is 2.40. The van der Waals surface area contributed by atoms with Crippen molar-refractivity contribution in [1.29, 1.82) is 0 Å². The van der Waals surface area contributed by atoms with Crippen LogP contribution >= 0.6 is 0 Å². The summed E-state index contributed by atoms with van der Waals surface area (Å²) in [5.74, 6) is -1.50. The van der Waals surface area contributed by atoms with E-state index in [1.165, 1.54) is 0 Å². The highest BCUT2D eigenvalue weighted by molar-refractivity contribution is 7.92. The lowest BCUT2D eigenvalue weighted by Crippen LogP contribution is -2.18. The highest BCUT2D eigenvalue weighted by Crippen LogP contribution is 2.41. The fourth-order valence-corrected chi connectivity index (χ4v) is 4.94. The molecule has 0 aliphatic rings. The predicted octanol–water partition coefficient (Wildman–Crippen LogP) is 6.57. The van der Waals surface area contributed by atoms with Crippen molar-refractivity contribution < 1.29 is 43.5 Å². The second kappa shape index (κ2) is 8.19. The summed E-state index contributed by atoms with van der Waals surface area (Å²) in [7, 11) is -4.94. The molecule has 0 radical (unpaired) electrons. The van der Waals surface area contributed by atoms with Crippen molar-refractivity contribution >= 4 is 9.84 Å². The van der Waals surface area contributed by atoms with Crippen LogP contribution in [0.1, 0.15) is 27.5 Å². The van der Waals surface area contributed by atoms with Gasteiger partial charge in [-0.2, -0.15) is 26.3 Å². The Morgan fingerprint density at radius 3 is 1.25 bits per heavy atom. The topological polar surface area (TPSA) is 34.1 Å². The molecule has 0 saturated heterocycles. The lowest BCUT2D eigenvalue weighted by Gasteiger charge is -2.21. The molecule has 11 heteroatoms. The van der Waals surface area contributed by atoms with E-state index in [9.17, 15) is 43.5 Å². The summed E-state index contributed by atoms with van der Waals surface area (Å²) in [6.07, 6.45) is -10.5. The molecular weight excluding hydrogens is 468 g/mol. The minimum atomic E-state index is -5.26. The van der Waals surface area contributed by atoms with E-state index in [0.29, 0.717) is 0 Å². The molecule has 32 heavy (non-hydrogen) atoms. The molecule has 3 rings (SSSR count). The molecule has 0 bridgehead atoms. The van der Waals surface area contributed by atoms with E-state index in [1.54, 1.807) is 0 Å². The maximum atomic E-state index is 13.3. The van der Waals surface area contributed by atoms with Gasteiger partial charge in [0, 0.05) is 0 Å². The van der Waals surface area contributed by atoms with Gasteiger partial charge >= 0.3 is 12.4 Å². The average molecular weight is 480 g/mol. The molecule has 0 spiro atoms. The molecule has 0 aliphatic carbocycles. The second-order valence-corrected chi connectivity index (χ2v) is 8.80. The zero-order valence-corrected chi connectivity index (χ0v) is 16.5. The van der Waals surface area contributed by atoms with E-state index in [0.717, 1.165) is 48.5 Å². The number of benzene rings is 3. The third-order valence-corrected chi connectivity index (χ3v) is 6.60. The molecule has 0 heterocycles. The van der Waals surface area contributed by atoms with E-state index in [2.05, 4.69) is 0 Å². The Kier molecular flexibility index (Phi) is 6.07. The normalized spacial score (nSPS) is 12.9. The van der Waals surface area contributed by atoms with Crippen LogP contribution in [0.3, 0.4) is 0 Å². The van der Waals surface area contributed by atoms with Crippen molar-refractivity contribution in [2.45, 2.75) is 22.5 Å². The smallest absolute Gasteiger partial charge is 0.223 e. The SMILES string of the molecule is O=S(=O)(c1cc(C(F)(F)F)cc(C(F)(F)F)c1)C(c1ccc(F)cc1)c1ccc(F)cc1. The standard InChI is InChI=1S/C21H12F8O2S/c22-16-5-1-12(2-6-16)19(13-3-7-17(23)8-4-13)32(30,31)18-10-14(20(24,25)26)9-15(11-18)21(27,28)29/h1-11,19H. The monoisotopic (exact) mass is 480 g/mol.